The summed E-state index contributed by atoms with van der Waals surface area (Å²) in [6, 6.07) is 8.55. The van der Waals surface area contributed by atoms with Crippen LogP contribution in [0.15, 0.2) is 35.8 Å². The van der Waals surface area contributed by atoms with Gasteiger partial charge in [0.25, 0.3) is 0 Å². The highest BCUT2D eigenvalue weighted by Gasteiger charge is 1.98. The predicted molar refractivity (Wildman–Crippen MR) is 73.3 cm³/mol. The number of nitrogens with zero attached hydrogens (tertiary/aromatic N) is 2. The third kappa shape index (κ3) is 3.84. The lowest BCUT2D eigenvalue weighted by Gasteiger charge is -2.10. The van der Waals surface area contributed by atoms with Gasteiger partial charge in [-0.1, -0.05) is 12.1 Å². The first-order chi connectivity index (χ1) is 8.24. The van der Waals surface area contributed by atoms with Crippen LogP contribution in [0.3, 0.4) is 0 Å². The van der Waals surface area contributed by atoms with Gasteiger partial charge in [-0.3, -0.25) is 0 Å². The van der Waals surface area contributed by atoms with Crippen molar-refractivity contribution in [3.05, 3.63) is 46.4 Å². The van der Waals surface area contributed by atoms with Gasteiger partial charge in [-0.15, -0.1) is 11.3 Å². The van der Waals surface area contributed by atoms with Crippen molar-refractivity contribution in [1.82, 2.24) is 9.88 Å². The summed E-state index contributed by atoms with van der Waals surface area (Å²) in [7, 11) is 4.16. The van der Waals surface area contributed by atoms with E-state index < -0.39 is 0 Å². The van der Waals surface area contributed by atoms with Crippen molar-refractivity contribution in [3.8, 4) is 0 Å². The maximum atomic E-state index is 4.24. The molecule has 1 aromatic heterocycles. The molecular weight excluding hydrogens is 230 g/mol. The molecule has 0 saturated heterocycles. The molecule has 2 aromatic rings. The van der Waals surface area contributed by atoms with E-state index in [1.807, 2.05) is 11.6 Å². The van der Waals surface area contributed by atoms with E-state index in [-0.39, 0.29) is 0 Å². The summed E-state index contributed by atoms with van der Waals surface area (Å²) in [5, 5.41) is 6.47. The third-order valence-electron chi connectivity index (χ3n) is 2.38. The molecule has 0 spiro atoms. The summed E-state index contributed by atoms with van der Waals surface area (Å²) in [5.74, 6) is 0. The van der Waals surface area contributed by atoms with Crippen molar-refractivity contribution >= 4 is 17.0 Å². The SMILES string of the molecule is CN(C)Cc1ccc(NCc2nccs2)cc1. The summed E-state index contributed by atoms with van der Waals surface area (Å²) in [6.45, 7) is 1.78. The van der Waals surface area contributed by atoms with Crippen LogP contribution in [0.25, 0.3) is 0 Å². The van der Waals surface area contributed by atoms with Crippen molar-refractivity contribution in [2.45, 2.75) is 13.1 Å². The maximum Gasteiger partial charge on any atom is 0.112 e. The lowest BCUT2D eigenvalue weighted by atomic mass is 10.2. The van der Waals surface area contributed by atoms with E-state index in [0.29, 0.717) is 0 Å². The van der Waals surface area contributed by atoms with Crippen LogP contribution in [-0.4, -0.2) is 24.0 Å². The maximum absolute atomic E-state index is 4.24. The van der Waals surface area contributed by atoms with Crippen LogP contribution in [-0.2, 0) is 13.1 Å². The summed E-state index contributed by atoms with van der Waals surface area (Å²) in [5.41, 5.74) is 2.47. The van der Waals surface area contributed by atoms with E-state index in [0.717, 1.165) is 23.8 Å². The zero-order valence-electron chi connectivity index (χ0n) is 10.2. The second-order valence-corrected chi connectivity index (χ2v) is 5.19. The molecule has 0 aliphatic heterocycles. The lowest BCUT2D eigenvalue weighted by Crippen LogP contribution is -2.10. The van der Waals surface area contributed by atoms with Crippen LogP contribution in [0.1, 0.15) is 10.6 Å². The Morgan fingerprint density at radius 2 is 2.00 bits per heavy atom. The van der Waals surface area contributed by atoms with E-state index >= 15 is 0 Å². The minimum atomic E-state index is 0.796. The Balaban J connectivity index is 1.89. The Morgan fingerprint density at radius 3 is 2.59 bits per heavy atom. The standard InChI is InChI=1S/C13H17N3S/c1-16(2)10-11-3-5-12(6-4-11)15-9-13-14-7-8-17-13/h3-8,15H,9-10H2,1-2H3. The van der Waals surface area contributed by atoms with Crippen LogP contribution < -0.4 is 5.32 Å². The van der Waals surface area contributed by atoms with Crippen LogP contribution in [0, 0.1) is 0 Å². The van der Waals surface area contributed by atoms with Crippen LogP contribution in [0.5, 0.6) is 0 Å². The van der Waals surface area contributed by atoms with Gasteiger partial charge in [0.15, 0.2) is 0 Å². The van der Waals surface area contributed by atoms with Crippen molar-refractivity contribution in [2.24, 2.45) is 0 Å². The molecule has 0 atom stereocenters. The fourth-order valence-corrected chi connectivity index (χ4v) is 2.17. The van der Waals surface area contributed by atoms with Gasteiger partial charge >= 0.3 is 0 Å². The molecule has 1 aromatic carbocycles. The number of anilines is 1. The minimum absolute atomic E-state index is 0.796. The average molecular weight is 247 g/mol. The first-order valence-corrected chi connectivity index (χ1v) is 6.48. The quantitative estimate of drug-likeness (QED) is 0.880. The van der Waals surface area contributed by atoms with Gasteiger partial charge in [0.05, 0.1) is 6.54 Å². The van der Waals surface area contributed by atoms with Crippen LogP contribution in [0.2, 0.25) is 0 Å². The van der Waals surface area contributed by atoms with E-state index in [1.54, 1.807) is 11.3 Å². The molecule has 0 unspecified atom stereocenters. The molecule has 0 saturated carbocycles. The first-order valence-electron chi connectivity index (χ1n) is 5.60. The van der Waals surface area contributed by atoms with Gasteiger partial charge in [0.2, 0.25) is 0 Å². The molecular formula is C13H17N3S. The molecule has 2 rings (SSSR count). The zero-order valence-corrected chi connectivity index (χ0v) is 11.0. The molecule has 4 heteroatoms. The molecule has 3 nitrogen and oxygen atoms in total. The molecule has 0 fully saturated rings. The molecule has 0 aliphatic carbocycles. The van der Waals surface area contributed by atoms with Gasteiger partial charge < -0.3 is 10.2 Å². The first kappa shape index (κ1) is 12.1. The Morgan fingerprint density at radius 1 is 1.24 bits per heavy atom. The highest BCUT2D eigenvalue weighted by molar-refractivity contribution is 7.09. The molecule has 0 aliphatic rings. The van der Waals surface area contributed by atoms with E-state index in [2.05, 4.69) is 53.6 Å². The largest absolute Gasteiger partial charge is 0.379 e. The van der Waals surface area contributed by atoms with E-state index in [9.17, 15) is 0 Å². The second-order valence-electron chi connectivity index (χ2n) is 4.21. The average Bonchev–Trinajstić information content (AvgIpc) is 2.80. The van der Waals surface area contributed by atoms with Gasteiger partial charge in [-0.2, -0.15) is 0 Å². The Bertz CT molecular complexity index is 434. The molecule has 17 heavy (non-hydrogen) atoms. The highest BCUT2D eigenvalue weighted by Crippen LogP contribution is 2.13. The molecule has 90 valence electrons. The number of hydrogen-bond acceptors (Lipinski definition) is 4. The molecule has 0 bridgehead atoms. The van der Waals surface area contributed by atoms with Gasteiger partial charge in [0, 0.05) is 23.8 Å². The highest BCUT2D eigenvalue weighted by atomic mass is 32.1. The normalized spacial score (nSPS) is 10.8. The number of hydrogen-bond donors (Lipinski definition) is 1. The summed E-state index contributed by atoms with van der Waals surface area (Å²) in [6.07, 6.45) is 1.84. The Hall–Kier alpha value is -1.39. The Kier molecular flexibility index (Phi) is 4.12. The molecule has 1 heterocycles. The number of nitrogens with one attached hydrogen (secondary N) is 1. The monoisotopic (exact) mass is 247 g/mol. The van der Waals surface area contributed by atoms with E-state index in [1.165, 1.54) is 5.56 Å². The minimum Gasteiger partial charge on any atom is -0.379 e. The second kappa shape index (κ2) is 5.80. The predicted octanol–water partition coefficient (Wildman–Crippen LogP) is 2.82. The lowest BCUT2D eigenvalue weighted by molar-refractivity contribution is 0.402. The third-order valence-corrected chi connectivity index (χ3v) is 3.16. The van der Waals surface area contributed by atoms with Gasteiger partial charge in [-0.25, -0.2) is 4.98 Å². The number of rotatable bonds is 5. The fraction of sp³-hybridized carbons (Fsp3) is 0.308. The molecule has 0 amide bonds. The van der Waals surface area contributed by atoms with Gasteiger partial charge in [-0.05, 0) is 31.8 Å². The molecule has 0 radical (unpaired) electrons. The topological polar surface area (TPSA) is 28.2 Å². The zero-order chi connectivity index (χ0) is 12.1. The number of thiazole rings is 1. The molecule has 1 N–H and O–H groups in total. The Labute approximate surface area is 106 Å². The van der Waals surface area contributed by atoms with Crippen molar-refractivity contribution < 1.29 is 0 Å². The van der Waals surface area contributed by atoms with Crippen LogP contribution in [0.4, 0.5) is 5.69 Å². The van der Waals surface area contributed by atoms with E-state index in [4.69, 9.17) is 0 Å². The smallest absolute Gasteiger partial charge is 0.112 e. The number of benzene rings is 1. The van der Waals surface area contributed by atoms with Crippen molar-refractivity contribution in [1.29, 1.82) is 0 Å². The van der Waals surface area contributed by atoms with Crippen molar-refractivity contribution in [3.63, 3.8) is 0 Å². The van der Waals surface area contributed by atoms with Crippen molar-refractivity contribution in [2.75, 3.05) is 19.4 Å². The summed E-state index contributed by atoms with van der Waals surface area (Å²) >= 11 is 1.67. The summed E-state index contributed by atoms with van der Waals surface area (Å²) < 4.78 is 0. The van der Waals surface area contributed by atoms with Crippen LogP contribution >= 0.6 is 11.3 Å². The summed E-state index contributed by atoms with van der Waals surface area (Å²) in [4.78, 5) is 6.40. The fourth-order valence-electron chi connectivity index (χ4n) is 1.61. The number of aromatic nitrogens is 1. The van der Waals surface area contributed by atoms with Gasteiger partial charge in [0.1, 0.15) is 5.01 Å².